The van der Waals surface area contributed by atoms with Crippen LogP contribution in [0.4, 0.5) is 0 Å². The minimum atomic E-state index is -3.77. The molecule has 0 fully saturated rings. The van der Waals surface area contributed by atoms with Crippen molar-refractivity contribution in [1.29, 1.82) is 0 Å². The van der Waals surface area contributed by atoms with Crippen molar-refractivity contribution in [1.82, 2.24) is 4.98 Å². The van der Waals surface area contributed by atoms with E-state index in [1.54, 1.807) is 0 Å². The maximum absolute atomic E-state index is 11.2. The van der Waals surface area contributed by atoms with Gasteiger partial charge < -0.3 is 0 Å². The number of pyridine rings is 1. The maximum Gasteiger partial charge on any atom is 0.240 e. The van der Waals surface area contributed by atoms with Crippen molar-refractivity contribution in [2.45, 2.75) is 0 Å². The number of hydrogen-bond donors (Lipinski definition) is 0. The number of ketones is 1. The second kappa shape index (κ2) is 3.85. The number of hydrogen-bond acceptors (Lipinski definition) is 4. The molecule has 0 radical (unpaired) electrons. The molecule has 4 nitrogen and oxygen atoms in total. The molecule has 1 rings (SSSR count). The minimum Gasteiger partial charge on any atom is -0.293 e. The molecule has 0 aromatic carbocycles. The molecule has 0 bridgehead atoms. The normalized spacial score (nSPS) is 11.2. The Bertz CT molecular complexity index is 401. The summed E-state index contributed by atoms with van der Waals surface area (Å²) in [4.78, 5) is 14.9. The average molecular weight is 220 g/mol. The first-order valence-corrected chi connectivity index (χ1v) is 5.82. The SMILES string of the molecule is O=C(CS(=O)(=O)Cl)c1ccncc1. The molecule has 1 aromatic heterocycles. The molecule has 0 aliphatic rings. The predicted octanol–water partition coefficient (Wildman–Crippen LogP) is 0.833. The van der Waals surface area contributed by atoms with E-state index in [1.165, 1.54) is 24.5 Å². The molecule has 6 heteroatoms. The van der Waals surface area contributed by atoms with E-state index in [1.807, 2.05) is 0 Å². The third kappa shape index (κ3) is 3.52. The maximum atomic E-state index is 11.2. The molecule has 0 aliphatic heterocycles. The zero-order valence-corrected chi connectivity index (χ0v) is 8.05. The second-order valence-electron chi connectivity index (χ2n) is 2.34. The largest absolute Gasteiger partial charge is 0.293 e. The summed E-state index contributed by atoms with van der Waals surface area (Å²) >= 11 is 0. The first kappa shape index (κ1) is 10.1. The summed E-state index contributed by atoms with van der Waals surface area (Å²) in [5.74, 6) is -1.21. The molecule has 0 amide bonds. The van der Waals surface area contributed by atoms with Gasteiger partial charge in [-0.2, -0.15) is 0 Å². The third-order valence-electron chi connectivity index (χ3n) is 1.31. The summed E-state index contributed by atoms with van der Waals surface area (Å²) in [5.41, 5.74) is 0.291. The van der Waals surface area contributed by atoms with Crippen LogP contribution in [0.3, 0.4) is 0 Å². The Labute approximate surface area is 80.0 Å². The zero-order chi connectivity index (χ0) is 9.90. The number of nitrogens with zero attached hydrogens (tertiary/aromatic N) is 1. The Kier molecular flexibility index (Phi) is 3.00. The molecule has 0 atom stereocenters. The molecular weight excluding hydrogens is 214 g/mol. The van der Waals surface area contributed by atoms with Crippen molar-refractivity contribution in [2.75, 3.05) is 5.75 Å². The molecule has 70 valence electrons. The molecule has 13 heavy (non-hydrogen) atoms. The van der Waals surface area contributed by atoms with Gasteiger partial charge in [0.05, 0.1) is 0 Å². The van der Waals surface area contributed by atoms with Crippen LogP contribution in [0, 0.1) is 0 Å². The molecule has 0 unspecified atom stereocenters. The molecule has 0 saturated heterocycles. The minimum absolute atomic E-state index is 0.291. The molecular formula is C7H6ClNO3S. The Morgan fingerprint density at radius 1 is 1.38 bits per heavy atom. The van der Waals surface area contributed by atoms with Gasteiger partial charge in [0.1, 0.15) is 5.75 Å². The fraction of sp³-hybridized carbons (Fsp3) is 0.143. The first-order chi connectivity index (χ1) is 5.99. The lowest BCUT2D eigenvalue weighted by Crippen LogP contribution is -2.11. The van der Waals surface area contributed by atoms with Gasteiger partial charge in [-0.05, 0) is 12.1 Å². The Morgan fingerprint density at radius 2 is 1.92 bits per heavy atom. The Balaban J connectivity index is 2.82. The molecule has 0 saturated carbocycles. The topological polar surface area (TPSA) is 64.1 Å². The molecule has 0 aliphatic carbocycles. The van der Waals surface area contributed by atoms with Gasteiger partial charge in [0.15, 0.2) is 5.78 Å². The van der Waals surface area contributed by atoms with Crippen molar-refractivity contribution in [2.24, 2.45) is 0 Å². The van der Waals surface area contributed by atoms with Gasteiger partial charge in [0, 0.05) is 28.6 Å². The monoisotopic (exact) mass is 219 g/mol. The van der Waals surface area contributed by atoms with E-state index >= 15 is 0 Å². The van der Waals surface area contributed by atoms with Gasteiger partial charge in [-0.1, -0.05) is 0 Å². The number of aromatic nitrogens is 1. The van der Waals surface area contributed by atoms with Crippen molar-refractivity contribution < 1.29 is 13.2 Å². The van der Waals surface area contributed by atoms with Crippen LogP contribution < -0.4 is 0 Å². The van der Waals surface area contributed by atoms with Crippen LogP contribution >= 0.6 is 10.7 Å². The fourth-order valence-electron chi connectivity index (χ4n) is 0.778. The van der Waals surface area contributed by atoms with E-state index in [2.05, 4.69) is 4.98 Å². The quantitative estimate of drug-likeness (QED) is 0.558. The summed E-state index contributed by atoms with van der Waals surface area (Å²) in [6.45, 7) is 0. The van der Waals surface area contributed by atoms with Crippen LogP contribution in [0.5, 0.6) is 0 Å². The van der Waals surface area contributed by atoms with E-state index in [0.29, 0.717) is 5.56 Å². The lowest BCUT2D eigenvalue weighted by Gasteiger charge is -1.96. The number of rotatable bonds is 3. The van der Waals surface area contributed by atoms with Crippen LogP contribution in [0.15, 0.2) is 24.5 Å². The van der Waals surface area contributed by atoms with Gasteiger partial charge in [0.2, 0.25) is 9.05 Å². The van der Waals surface area contributed by atoms with Crippen molar-refractivity contribution in [3.05, 3.63) is 30.1 Å². The highest BCUT2D eigenvalue weighted by Crippen LogP contribution is 2.03. The third-order valence-corrected chi connectivity index (χ3v) is 2.24. The van der Waals surface area contributed by atoms with E-state index in [-0.39, 0.29) is 0 Å². The van der Waals surface area contributed by atoms with E-state index in [4.69, 9.17) is 10.7 Å². The number of Topliss-reactive ketones (excluding diaryl/α,β-unsaturated/α-hetero) is 1. The number of halogens is 1. The zero-order valence-electron chi connectivity index (χ0n) is 6.47. The van der Waals surface area contributed by atoms with Crippen molar-refractivity contribution in [3.8, 4) is 0 Å². The molecule has 1 aromatic rings. The standard InChI is InChI=1S/C7H6ClNO3S/c8-13(11,12)5-7(10)6-1-3-9-4-2-6/h1-4H,5H2. The van der Waals surface area contributed by atoms with Gasteiger partial charge in [0.25, 0.3) is 0 Å². The van der Waals surface area contributed by atoms with Crippen LogP contribution in [-0.4, -0.2) is 24.9 Å². The lowest BCUT2D eigenvalue weighted by atomic mass is 10.2. The van der Waals surface area contributed by atoms with E-state index in [0.717, 1.165) is 0 Å². The van der Waals surface area contributed by atoms with Crippen molar-refractivity contribution >= 4 is 25.5 Å². The highest BCUT2D eigenvalue weighted by atomic mass is 35.7. The summed E-state index contributed by atoms with van der Waals surface area (Å²) < 4.78 is 21.1. The average Bonchev–Trinajstić information content (AvgIpc) is 2.03. The number of carbonyl (C=O) groups is 1. The van der Waals surface area contributed by atoms with Gasteiger partial charge in [-0.3, -0.25) is 9.78 Å². The van der Waals surface area contributed by atoms with Gasteiger partial charge in [-0.15, -0.1) is 0 Å². The highest BCUT2D eigenvalue weighted by molar-refractivity contribution is 8.14. The fourth-order valence-corrected chi connectivity index (χ4v) is 1.55. The molecule has 0 spiro atoms. The second-order valence-corrected chi connectivity index (χ2v) is 5.12. The smallest absolute Gasteiger partial charge is 0.240 e. The summed E-state index contributed by atoms with van der Waals surface area (Å²) in [6.07, 6.45) is 2.82. The van der Waals surface area contributed by atoms with Crippen LogP contribution in [-0.2, 0) is 9.05 Å². The summed E-state index contributed by atoms with van der Waals surface area (Å²) in [5, 5.41) is 0. The van der Waals surface area contributed by atoms with Gasteiger partial charge in [-0.25, -0.2) is 8.42 Å². The van der Waals surface area contributed by atoms with Crippen LogP contribution in [0.2, 0.25) is 0 Å². The lowest BCUT2D eigenvalue weighted by molar-refractivity contribution is 0.102. The molecule has 1 heterocycles. The highest BCUT2D eigenvalue weighted by Gasteiger charge is 2.14. The van der Waals surface area contributed by atoms with Crippen molar-refractivity contribution in [3.63, 3.8) is 0 Å². The first-order valence-electron chi connectivity index (χ1n) is 3.34. The van der Waals surface area contributed by atoms with E-state index < -0.39 is 20.6 Å². The van der Waals surface area contributed by atoms with E-state index in [9.17, 15) is 13.2 Å². The Morgan fingerprint density at radius 3 is 2.38 bits per heavy atom. The molecule has 0 N–H and O–H groups in total. The van der Waals surface area contributed by atoms with Gasteiger partial charge >= 0.3 is 0 Å². The number of carbonyl (C=O) groups excluding carboxylic acids is 1. The Hall–Kier alpha value is -0.940. The van der Waals surface area contributed by atoms with Crippen LogP contribution in [0.25, 0.3) is 0 Å². The summed E-state index contributed by atoms with van der Waals surface area (Å²) in [7, 11) is 1.14. The van der Waals surface area contributed by atoms with Crippen LogP contribution in [0.1, 0.15) is 10.4 Å². The summed E-state index contributed by atoms with van der Waals surface area (Å²) in [6, 6.07) is 2.87. The predicted molar refractivity (Wildman–Crippen MR) is 48.2 cm³/mol.